The topological polar surface area (TPSA) is 97.4 Å². The molecule has 4 aromatic rings. The van der Waals surface area contributed by atoms with Crippen LogP contribution in [0.1, 0.15) is 45.7 Å². The Bertz CT molecular complexity index is 1650. The zero-order valence-corrected chi connectivity index (χ0v) is 29.3. The Balaban J connectivity index is 1.15. The van der Waals surface area contributed by atoms with Gasteiger partial charge in [-0.3, -0.25) is 0 Å². The maximum absolute atomic E-state index is 13.3. The third kappa shape index (κ3) is 7.45. The van der Waals surface area contributed by atoms with Gasteiger partial charge in [0.2, 0.25) is 10.0 Å². The summed E-state index contributed by atoms with van der Waals surface area (Å²) in [6.45, 7) is 10.1. The quantitative estimate of drug-likeness (QED) is 0.154. The van der Waals surface area contributed by atoms with Gasteiger partial charge in [0.25, 0.3) is 8.32 Å². The Morgan fingerprint density at radius 2 is 1.65 bits per heavy atom. The van der Waals surface area contributed by atoms with Crippen molar-refractivity contribution in [1.82, 2.24) is 19.3 Å². The molecule has 246 valence electrons. The average Bonchev–Trinajstić information content (AvgIpc) is 3.42. The van der Waals surface area contributed by atoms with Gasteiger partial charge in [-0.2, -0.15) is 0 Å². The van der Waals surface area contributed by atoms with Crippen LogP contribution in [0, 0.1) is 11.7 Å². The predicted molar refractivity (Wildman–Crippen MR) is 183 cm³/mol. The summed E-state index contributed by atoms with van der Waals surface area (Å²) < 4.78 is 54.1. The molecule has 1 aliphatic rings. The summed E-state index contributed by atoms with van der Waals surface area (Å²) in [5.41, 5.74) is 1.23. The number of halogens is 2. The van der Waals surface area contributed by atoms with Crippen LogP contribution in [0.5, 0.6) is 0 Å². The van der Waals surface area contributed by atoms with E-state index in [0.29, 0.717) is 49.4 Å². The molecule has 1 N–H and O–H groups in total. The van der Waals surface area contributed by atoms with Crippen molar-refractivity contribution in [3.05, 3.63) is 95.7 Å². The van der Waals surface area contributed by atoms with Crippen molar-refractivity contribution in [2.75, 3.05) is 38.7 Å². The molecule has 0 unspecified atom stereocenters. The van der Waals surface area contributed by atoms with Crippen LogP contribution in [0.3, 0.4) is 0 Å². The van der Waals surface area contributed by atoms with E-state index < -0.39 is 24.2 Å². The summed E-state index contributed by atoms with van der Waals surface area (Å²) in [4.78, 5) is 11.7. The monoisotopic (exact) mass is 684 g/mol. The molecule has 2 aromatic carbocycles. The SMILES string of the molecule is C[C@H]1CN(S(=O)(=O)CCOCCO[Si](c2ccccc2)(c2ccccc2)C(C)(C)C)CC[C@H]1c1[nH]c(-c2ccc(F)cn2)nc1Cl. The lowest BCUT2D eigenvalue weighted by molar-refractivity contribution is 0.107. The molecule has 12 heteroatoms. The molecule has 0 bridgehead atoms. The molecule has 1 fully saturated rings. The summed E-state index contributed by atoms with van der Waals surface area (Å²) in [7, 11) is -6.21. The van der Waals surface area contributed by atoms with E-state index in [1.54, 1.807) is 4.31 Å². The van der Waals surface area contributed by atoms with Gasteiger partial charge < -0.3 is 14.1 Å². The number of nitrogens with one attached hydrogen (secondary N) is 1. The van der Waals surface area contributed by atoms with Crippen LogP contribution >= 0.6 is 11.6 Å². The summed E-state index contributed by atoms with van der Waals surface area (Å²) in [6, 6.07) is 23.6. The average molecular weight is 685 g/mol. The van der Waals surface area contributed by atoms with Gasteiger partial charge in [0.05, 0.1) is 37.5 Å². The van der Waals surface area contributed by atoms with E-state index in [1.165, 1.54) is 22.5 Å². The van der Waals surface area contributed by atoms with E-state index in [0.717, 1.165) is 11.9 Å². The van der Waals surface area contributed by atoms with Gasteiger partial charge in [-0.15, -0.1) is 0 Å². The molecule has 8 nitrogen and oxygen atoms in total. The van der Waals surface area contributed by atoms with Gasteiger partial charge in [0.1, 0.15) is 11.5 Å². The number of aromatic amines is 1. The minimum absolute atomic E-state index is 0.00345. The van der Waals surface area contributed by atoms with Crippen LogP contribution < -0.4 is 10.4 Å². The van der Waals surface area contributed by atoms with Gasteiger partial charge in [0, 0.05) is 19.0 Å². The molecule has 46 heavy (non-hydrogen) atoms. The number of pyridine rings is 1. The maximum Gasteiger partial charge on any atom is 0.261 e. The first-order chi connectivity index (χ1) is 21.9. The van der Waals surface area contributed by atoms with E-state index in [4.69, 9.17) is 20.8 Å². The van der Waals surface area contributed by atoms with E-state index >= 15 is 0 Å². The fourth-order valence-corrected chi connectivity index (χ4v) is 12.7. The number of hydrogen-bond donors (Lipinski definition) is 1. The number of sulfonamides is 1. The van der Waals surface area contributed by atoms with Crippen molar-refractivity contribution < 1.29 is 22.0 Å². The van der Waals surface area contributed by atoms with E-state index in [-0.39, 0.29) is 29.2 Å². The standard InChI is InChI=1S/C34H42ClFN4O4SSi/c1-25-24-40(18-17-29(25)31-32(35)39-33(38-31)30-16-15-26(36)23-37-30)45(41,42)22-21-43-19-20-44-46(34(2,3)4,27-11-7-5-8-12-27)28-13-9-6-10-14-28/h5-16,23,25,29H,17-22,24H2,1-4H3,(H,38,39)/t25-,29+/m0/s1. The molecule has 0 amide bonds. The number of benzene rings is 2. The van der Waals surface area contributed by atoms with E-state index in [2.05, 4.69) is 60.0 Å². The first-order valence-corrected chi connectivity index (χ1v) is 19.5. The van der Waals surface area contributed by atoms with Crippen molar-refractivity contribution in [3.8, 4) is 11.5 Å². The van der Waals surface area contributed by atoms with Gasteiger partial charge >= 0.3 is 0 Å². The second-order valence-electron chi connectivity index (χ2n) is 12.8. The van der Waals surface area contributed by atoms with Gasteiger partial charge in [-0.05, 0) is 39.9 Å². The first kappa shape index (κ1) is 34.4. The minimum atomic E-state index is -3.53. The number of rotatable bonds is 12. The third-order valence-electron chi connectivity index (χ3n) is 8.74. The summed E-state index contributed by atoms with van der Waals surface area (Å²) >= 11 is 6.48. The molecule has 2 atom stereocenters. The molecule has 0 radical (unpaired) electrons. The van der Waals surface area contributed by atoms with Crippen LogP contribution in [0.4, 0.5) is 4.39 Å². The Labute approximate surface area is 277 Å². The summed E-state index contributed by atoms with van der Waals surface area (Å²) in [6.07, 6.45) is 1.72. The van der Waals surface area contributed by atoms with Crippen molar-refractivity contribution in [1.29, 1.82) is 0 Å². The number of ether oxygens (including phenoxy) is 1. The zero-order valence-electron chi connectivity index (χ0n) is 26.7. The number of hydrogen-bond acceptors (Lipinski definition) is 6. The highest BCUT2D eigenvalue weighted by atomic mass is 35.5. The third-order valence-corrected chi connectivity index (χ3v) is 15.9. The molecule has 1 aliphatic heterocycles. The molecule has 1 saturated heterocycles. The van der Waals surface area contributed by atoms with Crippen molar-refractivity contribution in [3.63, 3.8) is 0 Å². The molecule has 2 aromatic heterocycles. The number of nitrogens with zero attached hydrogens (tertiary/aromatic N) is 3. The highest BCUT2D eigenvalue weighted by Crippen LogP contribution is 2.38. The Morgan fingerprint density at radius 1 is 1.00 bits per heavy atom. The highest BCUT2D eigenvalue weighted by Gasteiger charge is 2.50. The highest BCUT2D eigenvalue weighted by molar-refractivity contribution is 7.89. The fraction of sp³-hybridized carbons (Fsp3) is 0.412. The number of imidazole rings is 1. The van der Waals surface area contributed by atoms with Crippen molar-refractivity contribution in [2.24, 2.45) is 5.92 Å². The zero-order chi connectivity index (χ0) is 33.0. The van der Waals surface area contributed by atoms with Crippen molar-refractivity contribution in [2.45, 2.75) is 45.1 Å². The largest absolute Gasteiger partial charge is 0.405 e. The maximum atomic E-state index is 13.3. The van der Waals surface area contributed by atoms with Crippen LogP contribution in [0.25, 0.3) is 11.5 Å². The Kier molecular flexibility index (Phi) is 10.8. The van der Waals surface area contributed by atoms with Crippen LogP contribution in [-0.2, 0) is 19.2 Å². The normalized spacial score (nSPS) is 18.1. The Hall–Kier alpha value is -2.93. The molecule has 0 saturated carbocycles. The lowest BCUT2D eigenvalue weighted by Crippen LogP contribution is -2.66. The molecule has 5 rings (SSSR count). The second kappa shape index (κ2) is 14.5. The second-order valence-corrected chi connectivity index (χ2v) is 19.6. The number of piperidine rings is 1. The first-order valence-electron chi connectivity index (χ1n) is 15.6. The molecule has 0 aliphatic carbocycles. The summed E-state index contributed by atoms with van der Waals surface area (Å²) in [5.74, 6) is -0.0857. The smallest absolute Gasteiger partial charge is 0.261 e. The van der Waals surface area contributed by atoms with Crippen LogP contribution in [0.2, 0.25) is 10.2 Å². The molecular weight excluding hydrogens is 643 g/mol. The van der Waals surface area contributed by atoms with E-state index in [9.17, 15) is 12.8 Å². The van der Waals surface area contributed by atoms with Crippen LogP contribution in [-0.4, -0.2) is 74.7 Å². The molecular formula is C34H42ClFN4O4SSi. The Morgan fingerprint density at radius 3 is 2.22 bits per heavy atom. The lowest BCUT2D eigenvalue weighted by atomic mass is 9.86. The van der Waals surface area contributed by atoms with E-state index in [1.807, 2.05) is 43.3 Å². The van der Waals surface area contributed by atoms with Gasteiger partial charge in [0.15, 0.2) is 11.0 Å². The fourth-order valence-electron chi connectivity index (χ4n) is 6.45. The molecule has 3 heterocycles. The van der Waals surface area contributed by atoms with Gasteiger partial charge in [-0.1, -0.05) is 100.0 Å². The number of H-pyrrole nitrogens is 1. The summed E-state index contributed by atoms with van der Waals surface area (Å²) in [5, 5.41) is 2.55. The van der Waals surface area contributed by atoms with Gasteiger partial charge in [-0.25, -0.2) is 27.1 Å². The minimum Gasteiger partial charge on any atom is -0.405 e. The molecule has 0 spiro atoms. The lowest BCUT2D eigenvalue weighted by Gasteiger charge is -2.43. The van der Waals surface area contributed by atoms with Crippen molar-refractivity contribution >= 4 is 40.3 Å². The van der Waals surface area contributed by atoms with Crippen LogP contribution in [0.15, 0.2) is 79.0 Å². The number of aromatic nitrogens is 3. The predicted octanol–water partition coefficient (Wildman–Crippen LogP) is 5.61.